The first kappa shape index (κ1) is 21.4. The summed E-state index contributed by atoms with van der Waals surface area (Å²) in [5, 5.41) is 9.88. The minimum atomic E-state index is -3.43. The van der Waals surface area contributed by atoms with Gasteiger partial charge in [-0.05, 0) is 37.5 Å². The van der Waals surface area contributed by atoms with E-state index in [-0.39, 0.29) is 49.4 Å². The van der Waals surface area contributed by atoms with Crippen molar-refractivity contribution in [1.29, 1.82) is 0 Å². The van der Waals surface area contributed by atoms with Gasteiger partial charge in [0.1, 0.15) is 0 Å². The molecule has 0 radical (unpaired) electrons. The van der Waals surface area contributed by atoms with Crippen LogP contribution in [-0.4, -0.2) is 66.2 Å². The van der Waals surface area contributed by atoms with Crippen molar-refractivity contribution in [3.63, 3.8) is 0 Å². The highest BCUT2D eigenvalue weighted by Crippen LogP contribution is 2.43. The van der Waals surface area contributed by atoms with Gasteiger partial charge in [-0.3, -0.25) is 4.79 Å². The fourth-order valence-electron chi connectivity index (χ4n) is 5.09. The minimum Gasteiger partial charge on any atom is -0.394 e. The number of sulfonamides is 1. The number of aliphatic hydroxyl groups excluding tert-OH is 1. The van der Waals surface area contributed by atoms with Crippen LogP contribution in [0.25, 0.3) is 0 Å². The molecule has 2 heterocycles. The van der Waals surface area contributed by atoms with E-state index >= 15 is 0 Å². The average Bonchev–Trinajstić information content (AvgIpc) is 2.75. The molecule has 7 heteroatoms. The molecule has 1 N–H and O–H groups in total. The maximum atomic E-state index is 12.6. The highest BCUT2D eigenvalue weighted by atomic mass is 32.2. The molecule has 162 valence electrons. The van der Waals surface area contributed by atoms with Gasteiger partial charge in [-0.2, -0.15) is 4.31 Å². The van der Waals surface area contributed by atoms with Crippen LogP contribution in [-0.2, 0) is 14.8 Å². The van der Waals surface area contributed by atoms with Crippen molar-refractivity contribution in [2.75, 3.05) is 25.4 Å². The van der Waals surface area contributed by atoms with Crippen molar-refractivity contribution >= 4 is 15.9 Å². The van der Waals surface area contributed by atoms with Gasteiger partial charge in [0.15, 0.2) is 0 Å². The molecule has 2 saturated heterocycles. The molecule has 3 atom stereocenters. The van der Waals surface area contributed by atoms with E-state index in [1.165, 1.54) is 36.4 Å². The van der Waals surface area contributed by atoms with Crippen LogP contribution in [0.4, 0.5) is 0 Å². The molecular formula is C23H30N2O4S. The number of fused-ring (bicyclic) bond motifs is 1. The van der Waals surface area contributed by atoms with Crippen LogP contribution in [0.15, 0.2) is 24.3 Å². The highest BCUT2D eigenvalue weighted by molar-refractivity contribution is 7.89. The summed E-state index contributed by atoms with van der Waals surface area (Å²) < 4.78 is 25.9. The van der Waals surface area contributed by atoms with Crippen molar-refractivity contribution in [2.45, 2.75) is 57.0 Å². The first-order valence-corrected chi connectivity index (χ1v) is 12.6. The fourth-order valence-corrected chi connectivity index (χ4v) is 6.14. The van der Waals surface area contributed by atoms with Gasteiger partial charge >= 0.3 is 0 Å². The average molecular weight is 431 g/mol. The number of carbonyl (C=O) groups excluding carboxylic acids is 1. The van der Waals surface area contributed by atoms with Crippen molar-refractivity contribution in [1.82, 2.24) is 9.21 Å². The first-order chi connectivity index (χ1) is 14.4. The van der Waals surface area contributed by atoms with Crippen molar-refractivity contribution in [3.05, 3.63) is 35.4 Å². The molecule has 1 aromatic carbocycles. The van der Waals surface area contributed by atoms with Crippen LogP contribution in [0.5, 0.6) is 0 Å². The molecular weight excluding hydrogens is 400 g/mol. The topological polar surface area (TPSA) is 77.9 Å². The molecule has 6 nitrogen and oxygen atoms in total. The second-order valence-corrected chi connectivity index (χ2v) is 10.8. The van der Waals surface area contributed by atoms with Crippen molar-refractivity contribution < 1.29 is 18.3 Å². The van der Waals surface area contributed by atoms with E-state index in [0.717, 1.165) is 11.1 Å². The standard InChI is InChI=1S/C23H30N2O4S/c1-2-30(28,29)24-14-20-23(21(16-26)25(20)22(27)15-24)19-12-10-18(11-13-19)9-8-17-6-4-3-5-7-17/h10-13,17,20-21,23,26H,2-7,14-16H2,1H3/t20-,21+,23-/m1/s1. The van der Waals surface area contributed by atoms with Gasteiger partial charge in [-0.1, -0.05) is 43.2 Å². The Bertz CT molecular complexity index is 942. The number of hydrogen-bond acceptors (Lipinski definition) is 4. The summed E-state index contributed by atoms with van der Waals surface area (Å²) in [4.78, 5) is 14.2. The third kappa shape index (κ3) is 4.01. The number of amides is 1. The lowest BCUT2D eigenvalue weighted by Gasteiger charge is -2.58. The van der Waals surface area contributed by atoms with Gasteiger partial charge in [-0.25, -0.2) is 8.42 Å². The molecule has 1 amide bonds. The van der Waals surface area contributed by atoms with Crippen molar-refractivity contribution in [3.8, 4) is 11.8 Å². The molecule has 4 rings (SSSR count). The Kier molecular flexibility index (Phi) is 6.19. The number of rotatable bonds is 4. The molecule has 1 saturated carbocycles. The highest BCUT2D eigenvalue weighted by Gasteiger charge is 2.55. The fraction of sp³-hybridized carbons (Fsp3) is 0.609. The molecule has 3 fully saturated rings. The molecule has 0 spiro atoms. The second kappa shape index (κ2) is 8.70. The molecule has 2 aliphatic heterocycles. The summed E-state index contributed by atoms with van der Waals surface area (Å²) in [7, 11) is -3.43. The third-order valence-electron chi connectivity index (χ3n) is 6.80. The van der Waals surface area contributed by atoms with E-state index in [1.54, 1.807) is 11.8 Å². The van der Waals surface area contributed by atoms with E-state index in [9.17, 15) is 18.3 Å². The minimum absolute atomic E-state index is 0.0184. The monoisotopic (exact) mass is 430 g/mol. The van der Waals surface area contributed by atoms with E-state index in [1.807, 2.05) is 24.3 Å². The lowest BCUT2D eigenvalue weighted by molar-refractivity contribution is -0.158. The quantitative estimate of drug-likeness (QED) is 0.741. The maximum Gasteiger partial charge on any atom is 0.238 e. The van der Waals surface area contributed by atoms with Crippen LogP contribution >= 0.6 is 0 Å². The Labute approximate surface area is 179 Å². The summed E-state index contributed by atoms with van der Waals surface area (Å²) in [5.41, 5.74) is 1.98. The van der Waals surface area contributed by atoms with Crippen LogP contribution < -0.4 is 0 Å². The zero-order chi connectivity index (χ0) is 21.3. The van der Waals surface area contributed by atoms with E-state index in [0.29, 0.717) is 5.92 Å². The summed E-state index contributed by atoms with van der Waals surface area (Å²) in [5.74, 6) is 6.86. The summed E-state index contributed by atoms with van der Waals surface area (Å²) >= 11 is 0. The Balaban J connectivity index is 1.51. The molecule has 30 heavy (non-hydrogen) atoms. The predicted octanol–water partition coefficient (Wildman–Crippen LogP) is 1.94. The molecule has 1 aromatic rings. The van der Waals surface area contributed by atoms with Gasteiger partial charge in [0, 0.05) is 23.9 Å². The first-order valence-electron chi connectivity index (χ1n) is 11.0. The van der Waals surface area contributed by atoms with E-state index in [4.69, 9.17) is 0 Å². The number of nitrogens with zero attached hydrogens (tertiary/aromatic N) is 2. The largest absolute Gasteiger partial charge is 0.394 e. The normalized spacial score (nSPS) is 27.7. The van der Waals surface area contributed by atoms with Crippen molar-refractivity contribution in [2.24, 2.45) is 5.92 Å². The summed E-state index contributed by atoms with van der Waals surface area (Å²) in [6.45, 7) is 1.61. The number of hydrogen-bond donors (Lipinski definition) is 1. The van der Waals surface area contributed by atoms with Crippen LogP contribution in [0.1, 0.15) is 56.1 Å². The lowest BCUT2D eigenvalue weighted by Crippen LogP contribution is -2.73. The number of carbonyl (C=O) groups is 1. The van der Waals surface area contributed by atoms with Gasteiger partial charge in [0.25, 0.3) is 0 Å². The second-order valence-electron chi connectivity index (χ2n) is 8.56. The third-order valence-corrected chi connectivity index (χ3v) is 8.60. The van der Waals surface area contributed by atoms with E-state index in [2.05, 4.69) is 11.8 Å². The number of benzene rings is 1. The Morgan fingerprint density at radius 2 is 1.83 bits per heavy atom. The smallest absolute Gasteiger partial charge is 0.238 e. The maximum absolute atomic E-state index is 12.6. The zero-order valence-corrected chi connectivity index (χ0v) is 18.3. The summed E-state index contributed by atoms with van der Waals surface area (Å²) in [6.07, 6.45) is 6.23. The SMILES string of the molecule is CCS(=O)(=O)N1CC(=O)N2[C@H](C1)[C@@H](c1ccc(C#CC3CCCCC3)cc1)[C@@H]2CO. The van der Waals surface area contributed by atoms with Gasteiger partial charge in [0.2, 0.25) is 15.9 Å². The van der Waals surface area contributed by atoms with E-state index < -0.39 is 10.0 Å². The summed E-state index contributed by atoms with van der Waals surface area (Å²) in [6, 6.07) is 7.47. The molecule has 0 aromatic heterocycles. The Morgan fingerprint density at radius 1 is 1.13 bits per heavy atom. The van der Waals surface area contributed by atoms with Crippen LogP contribution in [0, 0.1) is 17.8 Å². The van der Waals surface area contributed by atoms with Gasteiger partial charge in [-0.15, -0.1) is 0 Å². The molecule has 0 unspecified atom stereocenters. The zero-order valence-electron chi connectivity index (χ0n) is 17.5. The number of piperazine rings is 1. The number of aliphatic hydroxyl groups is 1. The Hall–Kier alpha value is -1.88. The predicted molar refractivity (Wildman–Crippen MR) is 115 cm³/mol. The molecule has 3 aliphatic rings. The lowest BCUT2D eigenvalue weighted by atomic mass is 9.74. The van der Waals surface area contributed by atoms with Gasteiger partial charge < -0.3 is 10.0 Å². The Morgan fingerprint density at radius 3 is 2.47 bits per heavy atom. The van der Waals surface area contributed by atoms with Crippen LogP contribution in [0.3, 0.4) is 0 Å². The molecule has 0 bridgehead atoms. The van der Waals surface area contributed by atoms with Crippen LogP contribution in [0.2, 0.25) is 0 Å². The molecule has 1 aliphatic carbocycles. The van der Waals surface area contributed by atoms with Gasteiger partial charge in [0.05, 0.1) is 31.0 Å².